The van der Waals surface area contributed by atoms with Crippen molar-refractivity contribution in [2.24, 2.45) is 0 Å². The summed E-state index contributed by atoms with van der Waals surface area (Å²) in [5, 5.41) is 7.45. The molecule has 4 heteroatoms. The number of nitrogens with zero attached hydrogens (tertiary/aromatic N) is 2. The molecule has 0 saturated carbocycles. The van der Waals surface area contributed by atoms with Crippen molar-refractivity contribution in [1.29, 1.82) is 0 Å². The Morgan fingerprint density at radius 3 is 3.19 bits per heavy atom. The maximum atomic E-state index is 5.37. The molecule has 2 heterocycles. The summed E-state index contributed by atoms with van der Waals surface area (Å²) in [6, 6.07) is 0. The summed E-state index contributed by atoms with van der Waals surface area (Å²) < 4.78 is 5.37. The molecule has 16 heavy (non-hydrogen) atoms. The van der Waals surface area contributed by atoms with Crippen LogP contribution in [0.3, 0.4) is 0 Å². The van der Waals surface area contributed by atoms with Gasteiger partial charge < -0.3 is 9.84 Å². The maximum absolute atomic E-state index is 5.37. The topological polar surface area (TPSA) is 51.0 Å². The molecule has 0 bridgehead atoms. The smallest absolute Gasteiger partial charge is 0.229 e. The number of nitrogens with one attached hydrogen (secondary N) is 1. The van der Waals surface area contributed by atoms with Crippen LogP contribution < -0.4 is 5.32 Å². The number of hydrogen-bond donors (Lipinski definition) is 1. The Labute approximate surface area is 96.8 Å². The quantitative estimate of drug-likeness (QED) is 0.850. The van der Waals surface area contributed by atoms with Crippen LogP contribution in [0.5, 0.6) is 0 Å². The molecule has 1 N–H and O–H groups in total. The van der Waals surface area contributed by atoms with Gasteiger partial charge in [0.05, 0.1) is 0 Å². The minimum atomic E-state index is 0.470. The van der Waals surface area contributed by atoms with Crippen LogP contribution in [0.25, 0.3) is 0 Å². The summed E-state index contributed by atoms with van der Waals surface area (Å²) in [4.78, 5) is 4.51. The first kappa shape index (κ1) is 11.6. The first-order valence-electron chi connectivity index (χ1n) is 6.43. The lowest BCUT2D eigenvalue weighted by Gasteiger charge is -2.06. The van der Waals surface area contributed by atoms with Crippen LogP contribution in [0.2, 0.25) is 0 Å². The van der Waals surface area contributed by atoms with Crippen molar-refractivity contribution in [3.05, 3.63) is 11.7 Å². The average Bonchev–Trinajstić information content (AvgIpc) is 2.60. The molecule has 0 unspecified atom stereocenters. The Bertz CT molecular complexity index is 303. The van der Waals surface area contributed by atoms with E-state index in [1.165, 1.54) is 19.3 Å². The molecule has 1 aromatic heterocycles. The molecule has 1 aliphatic heterocycles. The normalized spacial score (nSPS) is 21.9. The van der Waals surface area contributed by atoms with Crippen LogP contribution >= 0.6 is 0 Å². The zero-order valence-corrected chi connectivity index (χ0v) is 10.0. The first-order chi connectivity index (χ1) is 7.90. The molecule has 1 fully saturated rings. The molecule has 1 atom stereocenters. The van der Waals surface area contributed by atoms with Gasteiger partial charge in [-0.25, -0.2) is 0 Å². The standard InChI is InChI=1S/C12H21N3O/c1-2-3-6-11-14-12(16-15-11)10-5-4-8-13-9-7-10/h10,13H,2-9H2,1H3/t10-/m0/s1. The highest BCUT2D eigenvalue weighted by Crippen LogP contribution is 2.24. The SMILES string of the molecule is CCCCc1noc([C@H]2CCCNCC2)n1. The predicted octanol–water partition coefficient (Wildman–Crippen LogP) is 2.27. The summed E-state index contributed by atoms with van der Waals surface area (Å²) >= 11 is 0. The van der Waals surface area contributed by atoms with Gasteiger partial charge in [-0.05, 0) is 38.8 Å². The zero-order chi connectivity index (χ0) is 11.2. The van der Waals surface area contributed by atoms with E-state index >= 15 is 0 Å². The minimum Gasteiger partial charge on any atom is -0.339 e. The Morgan fingerprint density at radius 2 is 2.31 bits per heavy atom. The van der Waals surface area contributed by atoms with E-state index in [9.17, 15) is 0 Å². The van der Waals surface area contributed by atoms with Gasteiger partial charge in [-0.2, -0.15) is 4.98 Å². The van der Waals surface area contributed by atoms with Crippen LogP contribution in [-0.2, 0) is 6.42 Å². The Kier molecular flexibility index (Phi) is 4.34. The fourth-order valence-electron chi connectivity index (χ4n) is 2.14. The van der Waals surface area contributed by atoms with Crippen LogP contribution in [0.1, 0.15) is 56.7 Å². The third kappa shape index (κ3) is 3.04. The highest BCUT2D eigenvalue weighted by atomic mass is 16.5. The molecule has 1 aliphatic rings. The summed E-state index contributed by atoms with van der Waals surface area (Å²) in [5.74, 6) is 2.21. The monoisotopic (exact) mass is 223 g/mol. The van der Waals surface area contributed by atoms with Crippen molar-refractivity contribution in [3.8, 4) is 0 Å². The van der Waals surface area contributed by atoms with Crippen molar-refractivity contribution in [3.63, 3.8) is 0 Å². The third-order valence-electron chi connectivity index (χ3n) is 3.16. The van der Waals surface area contributed by atoms with Gasteiger partial charge in [0.25, 0.3) is 0 Å². The van der Waals surface area contributed by atoms with E-state index in [1.54, 1.807) is 0 Å². The van der Waals surface area contributed by atoms with Crippen LogP contribution in [0, 0.1) is 0 Å². The Morgan fingerprint density at radius 1 is 1.38 bits per heavy atom. The number of aryl methyl sites for hydroxylation is 1. The van der Waals surface area contributed by atoms with Gasteiger partial charge in [-0.15, -0.1) is 0 Å². The second-order valence-electron chi connectivity index (χ2n) is 4.53. The Balaban J connectivity index is 1.94. The number of hydrogen-bond acceptors (Lipinski definition) is 4. The lowest BCUT2D eigenvalue weighted by Crippen LogP contribution is -2.13. The molecular weight excluding hydrogens is 202 g/mol. The second-order valence-corrected chi connectivity index (χ2v) is 4.53. The van der Waals surface area contributed by atoms with Crippen LogP contribution in [-0.4, -0.2) is 23.2 Å². The molecule has 1 saturated heterocycles. The van der Waals surface area contributed by atoms with Crippen molar-refractivity contribution in [1.82, 2.24) is 15.5 Å². The maximum Gasteiger partial charge on any atom is 0.229 e. The Hall–Kier alpha value is -0.900. The van der Waals surface area contributed by atoms with E-state index in [-0.39, 0.29) is 0 Å². The summed E-state index contributed by atoms with van der Waals surface area (Å²) in [5.41, 5.74) is 0. The minimum absolute atomic E-state index is 0.470. The molecular formula is C12H21N3O. The van der Waals surface area contributed by atoms with Crippen molar-refractivity contribution >= 4 is 0 Å². The highest BCUT2D eigenvalue weighted by molar-refractivity contribution is 4.95. The molecule has 90 valence electrons. The average molecular weight is 223 g/mol. The lowest BCUT2D eigenvalue weighted by atomic mass is 10.0. The third-order valence-corrected chi connectivity index (χ3v) is 3.16. The van der Waals surface area contributed by atoms with E-state index in [2.05, 4.69) is 22.4 Å². The van der Waals surface area contributed by atoms with Crippen molar-refractivity contribution in [2.75, 3.05) is 13.1 Å². The first-order valence-corrected chi connectivity index (χ1v) is 6.43. The van der Waals surface area contributed by atoms with E-state index in [1.807, 2.05) is 0 Å². The van der Waals surface area contributed by atoms with Gasteiger partial charge >= 0.3 is 0 Å². The van der Waals surface area contributed by atoms with Crippen molar-refractivity contribution < 1.29 is 4.52 Å². The highest BCUT2D eigenvalue weighted by Gasteiger charge is 2.20. The van der Waals surface area contributed by atoms with Gasteiger partial charge in [0.2, 0.25) is 5.89 Å². The molecule has 4 nitrogen and oxygen atoms in total. The molecule has 2 rings (SSSR count). The van der Waals surface area contributed by atoms with Gasteiger partial charge in [-0.1, -0.05) is 18.5 Å². The van der Waals surface area contributed by atoms with Crippen molar-refractivity contribution in [2.45, 2.75) is 51.4 Å². The molecule has 0 radical (unpaired) electrons. The van der Waals surface area contributed by atoms with E-state index < -0.39 is 0 Å². The fourth-order valence-corrected chi connectivity index (χ4v) is 2.14. The molecule has 0 aliphatic carbocycles. The van der Waals surface area contributed by atoms with Crippen LogP contribution in [0.15, 0.2) is 4.52 Å². The zero-order valence-electron chi connectivity index (χ0n) is 10.0. The second kappa shape index (κ2) is 5.99. The van der Waals surface area contributed by atoms with Crippen LogP contribution in [0.4, 0.5) is 0 Å². The van der Waals surface area contributed by atoms with E-state index in [4.69, 9.17) is 4.52 Å². The van der Waals surface area contributed by atoms with Gasteiger partial charge in [-0.3, -0.25) is 0 Å². The summed E-state index contributed by atoms with van der Waals surface area (Å²) in [7, 11) is 0. The molecule has 0 amide bonds. The molecule has 0 spiro atoms. The molecule has 1 aromatic rings. The summed E-state index contributed by atoms with van der Waals surface area (Å²) in [6.07, 6.45) is 6.77. The lowest BCUT2D eigenvalue weighted by molar-refractivity contribution is 0.339. The predicted molar refractivity (Wildman–Crippen MR) is 62.4 cm³/mol. The summed E-state index contributed by atoms with van der Waals surface area (Å²) in [6.45, 7) is 4.36. The number of rotatable bonds is 4. The fraction of sp³-hybridized carbons (Fsp3) is 0.833. The largest absolute Gasteiger partial charge is 0.339 e. The van der Waals surface area contributed by atoms with Gasteiger partial charge in [0.15, 0.2) is 5.82 Å². The van der Waals surface area contributed by atoms with E-state index in [0.29, 0.717) is 5.92 Å². The van der Waals surface area contributed by atoms with Gasteiger partial charge in [0, 0.05) is 12.3 Å². The van der Waals surface area contributed by atoms with E-state index in [0.717, 1.165) is 44.1 Å². The van der Waals surface area contributed by atoms with Gasteiger partial charge in [0.1, 0.15) is 0 Å². The number of unbranched alkanes of at least 4 members (excludes halogenated alkanes) is 1. The molecule has 0 aromatic carbocycles. The number of aromatic nitrogens is 2.